The quantitative estimate of drug-likeness (QED) is 0.115. The number of para-hydroxylation sites is 2. The van der Waals surface area contributed by atoms with E-state index in [0.29, 0.717) is 69.1 Å². The second-order valence-corrected chi connectivity index (χ2v) is 13.0. The Morgan fingerprint density at radius 3 is 1.45 bits per heavy atom. The number of carbonyl (C=O) groups is 2. The summed E-state index contributed by atoms with van der Waals surface area (Å²) in [5, 5.41) is 15.7. The van der Waals surface area contributed by atoms with Crippen molar-refractivity contribution >= 4 is 46.8 Å². The number of rotatable bonds is 11. The number of carboxylic acid groups (broad SMARTS) is 1. The van der Waals surface area contributed by atoms with Crippen molar-refractivity contribution in [3.63, 3.8) is 0 Å². The number of anilines is 6. The number of hydrogen-bond acceptors (Lipinski definition) is 16. The van der Waals surface area contributed by atoms with Crippen LogP contribution < -0.4 is 50.0 Å². The number of pyridine rings is 2. The summed E-state index contributed by atoms with van der Waals surface area (Å²) < 4.78 is 16.1. The molecule has 0 atom stereocenters. The molecule has 2 aliphatic rings. The number of benzene rings is 2. The largest absolute Gasteiger partial charge is 1.00 e. The van der Waals surface area contributed by atoms with Gasteiger partial charge in [-0.2, -0.15) is 9.97 Å². The Morgan fingerprint density at radius 1 is 0.641 bits per heavy atom. The number of esters is 1. The van der Waals surface area contributed by atoms with E-state index in [0.717, 1.165) is 52.8 Å². The van der Waals surface area contributed by atoms with E-state index in [9.17, 15) is 14.7 Å². The zero-order chi connectivity index (χ0) is 44.1. The maximum atomic E-state index is 12.1. The van der Waals surface area contributed by atoms with E-state index in [4.69, 9.17) is 24.2 Å². The molecule has 0 radical (unpaired) electrons. The fourth-order valence-electron chi connectivity index (χ4n) is 6.22. The predicted molar refractivity (Wildman–Crippen MR) is 244 cm³/mol. The van der Waals surface area contributed by atoms with Gasteiger partial charge in [-0.15, -0.1) is 0 Å². The number of morpholine rings is 2. The average molecular weight is 883 g/mol. The molecular formula is C46H55N10NaO7. The maximum Gasteiger partial charge on any atom is 1.00 e. The molecule has 0 bridgehead atoms. The molecular weight excluding hydrogens is 828 g/mol. The van der Waals surface area contributed by atoms with E-state index in [1.165, 1.54) is 12.4 Å². The normalized spacial score (nSPS) is 12.7. The fraction of sp³-hybridized carbons (Fsp3) is 0.304. The number of carbonyl (C=O) groups excluding carboxylic acids is 1. The van der Waals surface area contributed by atoms with E-state index in [1.807, 2.05) is 88.4 Å². The molecule has 17 nitrogen and oxygen atoms in total. The monoisotopic (exact) mass is 882 g/mol. The molecule has 332 valence electrons. The van der Waals surface area contributed by atoms with Crippen LogP contribution in [0.2, 0.25) is 0 Å². The smallest absolute Gasteiger partial charge is 0.870 e. The summed E-state index contributed by atoms with van der Waals surface area (Å²) in [6, 6.07) is 22.8. The number of hydrogen-bond donors (Lipinski definition) is 3. The minimum absolute atomic E-state index is 0. The van der Waals surface area contributed by atoms with Crippen molar-refractivity contribution in [1.29, 1.82) is 0 Å². The van der Waals surface area contributed by atoms with Crippen molar-refractivity contribution in [3.8, 4) is 22.3 Å². The van der Waals surface area contributed by atoms with E-state index in [1.54, 1.807) is 43.8 Å². The van der Waals surface area contributed by atoms with Crippen LogP contribution in [0.5, 0.6) is 0 Å². The minimum Gasteiger partial charge on any atom is -0.870 e. The first-order chi connectivity index (χ1) is 30.4. The van der Waals surface area contributed by atoms with Crippen molar-refractivity contribution in [3.05, 3.63) is 121 Å². The van der Waals surface area contributed by atoms with Crippen LogP contribution in [-0.4, -0.2) is 112 Å². The molecule has 2 fully saturated rings. The maximum absolute atomic E-state index is 12.1. The molecule has 2 aliphatic heterocycles. The van der Waals surface area contributed by atoms with Crippen LogP contribution in [0.15, 0.2) is 110 Å². The van der Waals surface area contributed by atoms with Crippen LogP contribution in [0.4, 0.5) is 34.9 Å². The van der Waals surface area contributed by atoms with Gasteiger partial charge in [0.1, 0.15) is 11.6 Å². The summed E-state index contributed by atoms with van der Waals surface area (Å²) in [7, 11) is 0. The topological polar surface area (TPSA) is 220 Å². The first-order valence-electron chi connectivity index (χ1n) is 20.8. The molecule has 6 aromatic rings. The zero-order valence-corrected chi connectivity index (χ0v) is 39.3. The van der Waals surface area contributed by atoms with Gasteiger partial charge in [-0.3, -0.25) is 9.97 Å². The number of aromatic carboxylic acids is 1. The Labute approximate surface area is 396 Å². The summed E-state index contributed by atoms with van der Waals surface area (Å²) in [6.07, 6.45) is 9.62. The molecule has 0 aliphatic carbocycles. The number of aromatic nitrogens is 6. The van der Waals surface area contributed by atoms with Crippen molar-refractivity contribution in [1.82, 2.24) is 29.9 Å². The molecule has 4 N–H and O–H groups in total. The summed E-state index contributed by atoms with van der Waals surface area (Å²) in [5.41, 5.74) is 5.26. The number of nitrogens with zero attached hydrogens (tertiary/aromatic N) is 8. The standard InChI is InChI=1S/C22H23N5O3.C20H19N5O3.2C2H6.Na.H2O/c1-2-30-21(28)17-12-16(13-23-14-17)19-15-24-22(25-18-6-4-3-5-7-18)26-20(19)27-8-10-29-11-9-27;26-19(27)15-10-14(11-21-12-15)17-13-22-20(23-16-4-2-1-3-5-16)24-18(17)25-6-8-28-9-7-25;2*1-2;;/h3-7,12-15H,2,8-11H2,1H3,(H,24,25,26);1-5,10-13H,6-9H2,(H,26,27)(H,22,23,24);2*1-2H3;;1H2/q;;;;+1;/p-1. The third-order valence-electron chi connectivity index (χ3n) is 9.07. The van der Waals surface area contributed by atoms with Gasteiger partial charge in [0.25, 0.3) is 0 Å². The van der Waals surface area contributed by atoms with Gasteiger partial charge in [0.15, 0.2) is 0 Å². The fourth-order valence-corrected chi connectivity index (χ4v) is 6.22. The summed E-state index contributed by atoms with van der Waals surface area (Å²) >= 11 is 0. The van der Waals surface area contributed by atoms with E-state index in [2.05, 4.69) is 40.4 Å². The summed E-state index contributed by atoms with van der Waals surface area (Å²) in [6.45, 7) is 15.4. The van der Waals surface area contributed by atoms with Gasteiger partial charge in [0.2, 0.25) is 11.9 Å². The minimum atomic E-state index is -1.02. The van der Waals surface area contributed by atoms with Crippen molar-refractivity contribution in [2.24, 2.45) is 0 Å². The van der Waals surface area contributed by atoms with E-state index >= 15 is 0 Å². The molecule has 18 heteroatoms. The Bertz CT molecular complexity index is 2320. The molecule has 64 heavy (non-hydrogen) atoms. The van der Waals surface area contributed by atoms with Gasteiger partial charge in [0, 0.05) is 97.0 Å². The van der Waals surface area contributed by atoms with E-state index in [-0.39, 0.29) is 40.6 Å². The summed E-state index contributed by atoms with van der Waals surface area (Å²) in [5.74, 6) is 1.05. The Kier molecular flexibility index (Phi) is 22.8. The van der Waals surface area contributed by atoms with Gasteiger partial charge < -0.3 is 45.2 Å². The molecule has 6 heterocycles. The molecule has 0 amide bonds. The first kappa shape index (κ1) is 52.3. The van der Waals surface area contributed by atoms with Crippen molar-refractivity contribution in [2.45, 2.75) is 34.6 Å². The molecule has 0 spiro atoms. The molecule has 0 unspecified atom stereocenters. The van der Waals surface area contributed by atoms with E-state index < -0.39 is 11.9 Å². The summed E-state index contributed by atoms with van der Waals surface area (Å²) in [4.78, 5) is 54.4. The van der Waals surface area contributed by atoms with Gasteiger partial charge in [-0.05, 0) is 43.3 Å². The zero-order valence-electron chi connectivity index (χ0n) is 37.3. The third-order valence-corrected chi connectivity index (χ3v) is 9.07. The second kappa shape index (κ2) is 27.9. The average Bonchev–Trinajstić information content (AvgIpc) is 3.34. The van der Waals surface area contributed by atoms with Gasteiger partial charge in [-0.1, -0.05) is 64.1 Å². The number of carboxylic acids is 1. The Morgan fingerprint density at radius 2 is 1.05 bits per heavy atom. The molecule has 4 aromatic heterocycles. The Hall–Kier alpha value is -6.08. The van der Waals surface area contributed by atoms with Crippen molar-refractivity contribution in [2.75, 3.05) is 79.6 Å². The van der Waals surface area contributed by atoms with Crippen LogP contribution in [0.25, 0.3) is 22.3 Å². The second-order valence-electron chi connectivity index (χ2n) is 13.0. The van der Waals surface area contributed by atoms with Crippen LogP contribution in [0, 0.1) is 0 Å². The SMILES string of the molecule is CC.CC.CCOC(=O)c1cncc(-c2cnc(Nc3ccccc3)nc2N2CCOCC2)c1.O=C(O)c1cncc(-c2cnc(Nc3ccccc3)nc2N2CCOCC2)c1.[Na+].[OH-]. The first-order valence-corrected chi connectivity index (χ1v) is 20.8. The van der Waals surface area contributed by atoms with Crippen LogP contribution in [0.1, 0.15) is 55.3 Å². The van der Waals surface area contributed by atoms with Gasteiger partial charge >= 0.3 is 41.5 Å². The molecule has 8 rings (SSSR count). The number of ether oxygens (including phenoxy) is 3. The van der Waals surface area contributed by atoms with Crippen molar-refractivity contribution < 1.29 is 63.9 Å². The van der Waals surface area contributed by atoms with Crippen LogP contribution in [-0.2, 0) is 14.2 Å². The number of nitrogens with one attached hydrogen (secondary N) is 2. The molecule has 2 aromatic carbocycles. The van der Waals surface area contributed by atoms with Crippen LogP contribution >= 0.6 is 0 Å². The molecule has 2 saturated heterocycles. The van der Waals surface area contributed by atoms with Gasteiger partial charge in [0.05, 0.1) is 44.2 Å². The predicted octanol–water partition coefficient (Wildman–Crippen LogP) is 4.99. The van der Waals surface area contributed by atoms with Gasteiger partial charge in [-0.25, -0.2) is 19.6 Å². The third kappa shape index (κ3) is 14.8. The Balaban J connectivity index is 0.000000308. The molecule has 0 saturated carbocycles. The van der Waals surface area contributed by atoms with Crippen LogP contribution in [0.3, 0.4) is 0 Å².